The van der Waals surface area contributed by atoms with Gasteiger partial charge < -0.3 is 10.6 Å². The van der Waals surface area contributed by atoms with Crippen molar-refractivity contribution in [2.45, 2.75) is 13.8 Å². The first-order chi connectivity index (χ1) is 11.6. The van der Waals surface area contributed by atoms with Crippen LogP contribution in [0.3, 0.4) is 0 Å². The predicted molar refractivity (Wildman–Crippen MR) is 96.6 cm³/mol. The molecule has 3 rings (SSSR count). The average Bonchev–Trinajstić information content (AvgIpc) is 2.59. The van der Waals surface area contributed by atoms with Crippen LogP contribution in [0.15, 0.2) is 48.5 Å². The van der Waals surface area contributed by atoms with Crippen molar-refractivity contribution in [2.24, 2.45) is 5.84 Å². The molecule has 0 bridgehead atoms. The molecule has 2 aromatic carbocycles. The van der Waals surface area contributed by atoms with Crippen LogP contribution in [0.4, 0.5) is 29.2 Å². The highest BCUT2D eigenvalue weighted by molar-refractivity contribution is 5.59. The van der Waals surface area contributed by atoms with E-state index in [-0.39, 0.29) is 5.95 Å². The molecule has 0 aliphatic heterocycles. The molecule has 0 amide bonds. The highest BCUT2D eigenvalue weighted by Crippen LogP contribution is 2.19. The Morgan fingerprint density at radius 1 is 0.625 bits per heavy atom. The van der Waals surface area contributed by atoms with Gasteiger partial charge in [-0.15, -0.1) is 0 Å². The Bertz CT molecular complexity index is 748. The van der Waals surface area contributed by atoms with E-state index in [1.54, 1.807) is 0 Å². The lowest BCUT2D eigenvalue weighted by molar-refractivity contribution is 1.04. The summed E-state index contributed by atoms with van der Waals surface area (Å²) in [5, 5.41) is 6.29. The maximum absolute atomic E-state index is 5.46. The summed E-state index contributed by atoms with van der Waals surface area (Å²) in [4.78, 5) is 12.8. The molecular weight excluding hydrogens is 302 g/mol. The molecule has 0 unspecified atom stereocenters. The minimum Gasteiger partial charge on any atom is -0.324 e. The van der Waals surface area contributed by atoms with Crippen molar-refractivity contribution in [1.29, 1.82) is 0 Å². The largest absolute Gasteiger partial charge is 0.324 e. The van der Waals surface area contributed by atoms with Gasteiger partial charge in [-0.3, -0.25) is 5.43 Å². The molecule has 3 aromatic rings. The van der Waals surface area contributed by atoms with Gasteiger partial charge in [-0.1, -0.05) is 35.4 Å². The van der Waals surface area contributed by atoms with E-state index in [4.69, 9.17) is 5.84 Å². The van der Waals surface area contributed by atoms with E-state index in [9.17, 15) is 0 Å². The van der Waals surface area contributed by atoms with Crippen molar-refractivity contribution >= 4 is 29.2 Å². The third-order valence-corrected chi connectivity index (χ3v) is 3.38. The Kier molecular flexibility index (Phi) is 4.53. The molecule has 0 aliphatic rings. The molecule has 0 radical (unpaired) electrons. The summed E-state index contributed by atoms with van der Waals surface area (Å²) in [6.07, 6.45) is 0. The van der Waals surface area contributed by atoms with E-state index >= 15 is 0 Å². The zero-order chi connectivity index (χ0) is 16.9. The van der Waals surface area contributed by atoms with Crippen LogP contribution in [0.2, 0.25) is 0 Å². The van der Waals surface area contributed by atoms with Crippen molar-refractivity contribution in [3.8, 4) is 0 Å². The molecule has 24 heavy (non-hydrogen) atoms. The van der Waals surface area contributed by atoms with Crippen LogP contribution in [0.1, 0.15) is 11.1 Å². The normalized spacial score (nSPS) is 10.3. The standard InChI is InChI=1S/C17H19N7/c1-11-3-7-13(8-4-11)19-15-21-16(23-17(22-15)24-18)20-14-9-5-12(2)6-10-14/h3-10H,18H2,1-2H3,(H3,19,20,21,22,23,24). The number of hydrazine groups is 1. The Morgan fingerprint density at radius 2 is 1.00 bits per heavy atom. The second-order valence-corrected chi connectivity index (χ2v) is 5.43. The highest BCUT2D eigenvalue weighted by Gasteiger charge is 2.07. The van der Waals surface area contributed by atoms with E-state index in [2.05, 4.69) is 31.0 Å². The fraction of sp³-hybridized carbons (Fsp3) is 0.118. The van der Waals surface area contributed by atoms with Gasteiger partial charge in [0.1, 0.15) is 0 Å². The number of nitrogens with zero attached hydrogens (tertiary/aromatic N) is 3. The smallest absolute Gasteiger partial charge is 0.243 e. The van der Waals surface area contributed by atoms with E-state index < -0.39 is 0 Å². The van der Waals surface area contributed by atoms with Gasteiger partial charge in [-0.05, 0) is 38.1 Å². The topological polar surface area (TPSA) is 101 Å². The Balaban J connectivity index is 1.84. The first kappa shape index (κ1) is 15.7. The second kappa shape index (κ2) is 6.93. The van der Waals surface area contributed by atoms with Crippen LogP contribution >= 0.6 is 0 Å². The summed E-state index contributed by atoms with van der Waals surface area (Å²) in [5.41, 5.74) is 6.59. The van der Waals surface area contributed by atoms with Crippen molar-refractivity contribution in [3.63, 3.8) is 0 Å². The predicted octanol–water partition coefficient (Wildman–Crippen LogP) is 3.26. The van der Waals surface area contributed by atoms with Crippen molar-refractivity contribution in [3.05, 3.63) is 59.7 Å². The lowest BCUT2D eigenvalue weighted by atomic mass is 10.2. The lowest BCUT2D eigenvalue weighted by Crippen LogP contribution is -2.13. The molecule has 1 aromatic heterocycles. The molecule has 5 N–H and O–H groups in total. The van der Waals surface area contributed by atoms with Crippen molar-refractivity contribution in [1.82, 2.24) is 15.0 Å². The minimum absolute atomic E-state index is 0.272. The minimum atomic E-state index is 0.272. The molecule has 1 heterocycles. The maximum atomic E-state index is 5.46. The Morgan fingerprint density at radius 3 is 1.38 bits per heavy atom. The number of nitrogens with two attached hydrogens (primary N) is 1. The number of hydrogen-bond acceptors (Lipinski definition) is 7. The van der Waals surface area contributed by atoms with Gasteiger partial charge in [0.05, 0.1) is 0 Å². The van der Waals surface area contributed by atoms with E-state index in [0.29, 0.717) is 11.9 Å². The van der Waals surface area contributed by atoms with Gasteiger partial charge in [0, 0.05) is 11.4 Å². The molecule has 122 valence electrons. The van der Waals surface area contributed by atoms with Crippen LogP contribution in [0.5, 0.6) is 0 Å². The summed E-state index contributed by atoms with van der Waals surface area (Å²) in [5.74, 6) is 6.53. The summed E-state index contributed by atoms with van der Waals surface area (Å²) >= 11 is 0. The van der Waals surface area contributed by atoms with Crippen molar-refractivity contribution in [2.75, 3.05) is 16.1 Å². The van der Waals surface area contributed by atoms with E-state index in [0.717, 1.165) is 11.4 Å². The highest BCUT2D eigenvalue weighted by atomic mass is 15.3. The zero-order valence-corrected chi connectivity index (χ0v) is 13.5. The van der Waals surface area contributed by atoms with Gasteiger partial charge >= 0.3 is 0 Å². The van der Waals surface area contributed by atoms with E-state index in [1.165, 1.54) is 11.1 Å². The lowest BCUT2D eigenvalue weighted by Gasteiger charge is -2.10. The number of hydrogen-bond donors (Lipinski definition) is 4. The van der Waals surface area contributed by atoms with Crippen LogP contribution in [-0.4, -0.2) is 15.0 Å². The first-order valence-electron chi connectivity index (χ1n) is 7.52. The first-order valence-corrected chi connectivity index (χ1v) is 7.52. The monoisotopic (exact) mass is 321 g/mol. The van der Waals surface area contributed by atoms with Crippen LogP contribution < -0.4 is 21.9 Å². The third-order valence-electron chi connectivity index (χ3n) is 3.38. The van der Waals surface area contributed by atoms with Crippen molar-refractivity contribution < 1.29 is 0 Å². The van der Waals surface area contributed by atoms with Gasteiger partial charge in [0.25, 0.3) is 0 Å². The summed E-state index contributed by atoms with van der Waals surface area (Å²) in [7, 11) is 0. The van der Waals surface area contributed by atoms with Gasteiger partial charge in [-0.2, -0.15) is 15.0 Å². The van der Waals surface area contributed by atoms with Gasteiger partial charge in [0.2, 0.25) is 17.8 Å². The number of anilines is 5. The number of aryl methyl sites for hydroxylation is 2. The van der Waals surface area contributed by atoms with Gasteiger partial charge in [-0.25, -0.2) is 5.84 Å². The number of nitrogen functional groups attached to an aromatic ring is 1. The van der Waals surface area contributed by atoms with Gasteiger partial charge in [0.15, 0.2) is 0 Å². The third kappa shape index (κ3) is 3.96. The van der Waals surface area contributed by atoms with E-state index in [1.807, 2.05) is 62.4 Å². The molecule has 0 fully saturated rings. The average molecular weight is 321 g/mol. The maximum Gasteiger partial charge on any atom is 0.243 e. The number of rotatable bonds is 5. The molecule has 0 saturated carbocycles. The molecule has 7 nitrogen and oxygen atoms in total. The summed E-state index contributed by atoms with van der Waals surface area (Å²) in [6, 6.07) is 15.9. The van der Waals surface area contributed by atoms with Crippen LogP contribution in [0, 0.1) is 13.8 Å². The number of aromatic nitrogens is 3. The molecule has 0 saturated heterocycles. The summed E-state index contributed by atoms with van der Waals surface area (Å²) in [6.45, 7) is 4.07. The second-order valence-electron chi connectivity index (χ2n) is 5.43. The van der Waals surface area contributed by atoms with Crippen LogP contribution in [-0.2, 0) is 0 Å². The Hall–Kier alpha value is -3.19. The Labute approximate surface area is 140 Å². The molecule has 0 atom stereocenters. The summed E-state index contributed by atoms with van der Waals surface area (Å²) < 4.78 is 0. The zero-order valence-electron chi connectivity index (χ0n) is 13.5. The number of nitrogens with one attached hydrogen (secondary N) is 3. The molecule has 7 heteroatoms. The fourth-order valence-corrected chi connectivity index (χ4v) is 2.08. The molecular formula is C17H19N7. The SMILES string of the molecule is Cc1ccc(Nc2nc(NN)nc(Nc3ccc(C)cc3)n2)cc1. The molecule has 0 aliphatic carbocycles. The molecule has 0 spiro atoms. The van der Waals surface area contributed by atoms with Crippen LogP contribution in [0.25, 0.3) is 0 Å². The fourth-order valence-electron chi connectivity index (χ4n) is 2.08. The number of benzene rings is 2. The quantitative estimate of drug-likeness (QED) is 0.422.